The molecule has 0 aliphatic heterocycles. The van der Waals surface area contributed by atoms with Crippen LogP contribution in [0.4, 0.5) is 13.2 Å². The SMILES string of the molecule is O=C(NC(CC(F)(F)F)C(=O)O)c1cccn1Cc1cccs1. The fourth-order valence-electron chi connectivity index (χ4n) is 1.99. The number of carboxylic acid groups (broad SMARTS) is 1. The van der Waals surface area contributed by atoms with Crippen molar-refractivity contribution in [2.24, 2.45) is 0 Å². The minimum absolute atomic E-state index is 0.104. The number of alkyl halides is 3. The van der Waals surface area contributed by atoms with Gasteiger partial charge in [-0.1, -0.05) is 6.07 Å². The summed E-state index contributed by atoms with van der Waals surface area (Å²) in [5.74, 6) is -2.59. The number of aliphatic carboxylic acids is 1. The first-order valence-electron chi connectivity index (χ1n) is 6.54. The number of thiophene rings is 1. The van der Waals surface area contributed by atoms with Crippen LogP contribution in [0, 0.1) is 0 Å². The lowest BCUT2D eigenvalue weighted by Crippen LogP contribution is -2.44. The van der Waals surface area contributed by atoms with Crippen molar-refractivity contribution in [2.75, 3.05) is 0 Å². The second-order valence-electron chi connectivity index (χ2n) is 4.78. The predicted octanol–water partition coefficient (Wildman–Crippen LogP) is 2.73. The molecule has 0 fully saturated rings. The van der Waals surface area contributed by atoms with E-state index in [9.17, 15) is 22.8 Å². The van der Waals surface area contributed by atoms with E-state index in [0.717, 1.165) is 4.88 Å². The lowest BCUT2D eigenvalue weighted by atomic mass is 10.2. The number of aromatic nitrogens is 1. The van der Waals surface area contributed by atoms with E-state index in [1.165, 1.54) is 17.4 Å². The van der Waals surface area contributed by atoms with Crippen molar-refractivity contribution in [1.82, 2.24) is 9.88 Å². The summed E-state index contributed by atoms with van der Waals surface area (Å²) >= 11 is 1.47. The number of nitrogens with one attached hydrogen (secondary N) is 1. The van der Waals surface area contributed by atoms with Crippen molar-refractivity contribution in [3.8, 4) is 0 Å². The molecule has 2 N–H and O–H groups in total. The highest BCUT2D eigenvalue weighted by molar-refractivity contribution is 7.09. The highest BCUT2D eigenvalue weighted by Gasteiger charge is 2.36. The van der Waals surface area contributed by atoms with Crippen LogP contribution in [0.25, 0.3) is 0 Å². The summed E-state index contributed by atoms with van der Waals surface area (Å²) in [7, 11) is 0. The fourth-order valence-corrected chi connectivity index (χ4v) is 2.69. The lowest BCUT2D eigenvalue weighted by Gasteiger charge is -2.17. The van der Waals surface area contributed by atoms with Crippen LogP contribution in [0.15, 0.2) is 35.8 Å². The number of carbonyl (C=O) groups excluding carboxylic acids is 1. The van der Waals surface area contributed by atoms with E-state index in [1.54, 1.807) is 16.8 Å². The van der Waals surface area contributed by atoms with Crippen LogP contribution in [0.2, 0.25) is 0 Å². The molecule has 0 spiro atoms. The number of carboxylic acids is 1. The average Bonchev–Trinajstić information content (AvgIpc) is 3.08. The van der Waals surface area contributed by atoms with Crippen LogP contribution in [0.1, 0.15) is 21.8 Å². The molecular formula is C14H13F3N2O3S. The van der Waals surface area contributed by atoms with Gasteiger partial charge < -0.3 is 15.0 Å². The summed E-state index contributed by atoms with van der Waals surface area (Å²) in [6.45, 7) is 0.379. The molecule has 0 radical (unpaired) electrons. The minimum atomic E-state index is -4.69. The number of amides is 1. The quantitative estimate of drug-likeness (QED) is 0.845. The highest BCUT2D eigenvalue weighted by Crippen LogP contribution is 2.22. The first-order chi connectivity index (χ1) is 10.8. The zero-order valence-electron chi connectivity index (χ0n) is 11.7. The number of carbonyl (C=O) groups is 2. The molecule has 2 aromatic heterocycles. The molecular weight excluding hydrogens is 333 g/mol. The van der Waals surface area contributed by atoms with Gasteiger partial charge in [0.25, 0.3) is 5.91 Å². The summed E-state index contributed by atoms with van der Waals surface area (Å²) < 4.78 is 38.7. The van der Waals surface area contributed by atoms with Gasteiger partial charge in [-0.3, -0.25) is 4.79 Å². The highest BCUT2D eigenvalue weighted by atomic mass is 32.1. The van der Waals surface area contributed by atoms with Crippen LogP contribution >= 0.6 is 11.3 Å². The van der Waals surface area contributed by atoms with Gasteiger partial charge in [0.05, 0.1) is 13.0 Å². The van der Waals surface area contributed by atoms with Crippen LogP contribution in [-0.4, -0.2) is 33.8 Å². The van der Waals surface area contributed by atoms with E-state index in [1.807, 2.05) is 22.8 Å². The molecule has 1 atom stereocenters. The Balaban J connectivity index is 2.11. The van der Waals surface area contributed by atoms with Crippen LogP contribution < -0.4 is 5.32 Å². The molecule has 2 aromatic rings. The standard InChI is InChI=1S/C14H13F3N2O3S/c15-14(16,17)7-10(13(21)22)18-12(20)11-4-1-5-19(11)8-9-3-2-6-23-9/h1-6,10H,7-8H2,(H,18,20)(H,21,22). The molecule has 0 bridgehead atoms. The Morgan fingerprint density at radius 3 is 2.61 bits per heavy atom. The summed E-state index contributed by atoms with van der Waals surface area (Å²) in [6, 6.07) is 4.67. The van der Waals surface area contributed by atoms with Gasteiger partial charge in [-0.05, 0) is 23.6 Å². The molecule has 9 heteroatoms. The Bertz CT molecular complexity index is 680. The molecule has 0 aromatic carbocycles. The third-order valence-electron chi connectivity index (χ3n) is 3.01. The Kier molecular flexibility index (Phi) is 5.09. The van der Waals surface area contributed by atoms with Gasteiger partial charge in [-0.25, -0.2) is 4.79 Å². The second-order valence-corrected chi connectivity index (χ2v) is 5.82. The van der Waals surface area contributed by atoms with Crippen molar-refractivity contribution in [2.45, 2.75) is 25.2 Å². The van der Waals surface area contributed by atoms with Gasteiger partial charge in [0.15, 0.2) is 0 Å². The van der Waals surface area contributed by atoms with E-state index in [-0.39, 0.29) is 5.69 Å². The Morgan fingerprint density at radius 2 is 2.04 bits per heavy atom. The zero-order chi connectivity index (χ0) is 17.0. The first-order valence-corrected chi connectivity index (χ1v) is 7.42. The molecule has 0 saturated heterocycles. The molecule has 1 amide bonds. The second kappa shape index (κ2) is 6.86. The first kappa shape index (κ1) is 17.1. The van der Waals surface area contributed by atoms with Gasteiger partial charge in [0, 0.05) is 11.1 Å². The number of nitrogens with zero attached hydrogens (tertiary/aromatic N) is 1. The molecule has 5 nitrogen and oxygen atoms in total. The molecule has 2 rings (SSSR count). The number of hydrogen-bond acceptors (Lipinski definition) is 3. The van der Waals surface area contributed by atoms with Gasteiger partial charge in [0.2, 0.25) is 0 Å². The molecule has 2 heterocycles. The monoisotopic (exact) mass is 346 g/mol. The summed E-state index contributed by atoms with van der Waals surface area (Å²) in [4.78, 5) is 24.0. The van der Waals surface area contributed by atoms with Crippen LogP contribution in [0.3, 0.4) is 0 Å². The Labute approximate surface area is 133 Å². The maximum atomic E-state index is 12.4. The minimum Gasteiger partial charge on any atom is -0.480 e. The fraction of sp³-hybridized carbons (Fsp3) is 0.286. The Morgan fingerprint density at radius 1 is 1.30 bits per heavy atom. The maximum absolute atomic E-state index is 12.4. The van der Waals surface area contributed by atoms with Crippen LogP contribution in [-0.2, 0) is 11.3 Å². The summed E-state index contributed by atoms with van der Waals surface area (Å²) in [6.07, 6.45) is -4.71. The Hall–Kier alpha value is -2.29. The molecule has 1 unspecified atom stereocenters. The van der Waals surface area contributed by atoms with E-state index in [4.69, 9.17) is 5.11 Å². The smallest absolute Gasteiger partial charge is 0.391 e. The molecule has 0 aliphatic rings. The van der Waals surface area contributed by atoms with Gasteiger partial charge in [-0.15, -0.1) is 11.3 Å². The van der Waals surface area contributed by atoms with Gasteiger partial charge >= 0.3 is 12.1 Å². The topological polar surface area (TPSA) is 71.3 Å². The van der Waals surface area contributed by atoms with E-state index >= 15 is 0 Å². The number of rotatable bonds is 6. The molecule has 0 aliphatic carbocycles. The summed E-state index contributed by atoms with van der Waals surface area (Å²) in [5, 5.41) is 12.6. The van der Waals surface area contributed by atoms with Crippen molar-refractivity contribution < 1.29 is 27.9 Å². The third-order valence-corrected chi connectivity index (χ3v) is 3.87. The van der Waals surface area contributed by atoms with Gasteiger partial charge in [0.1, 0.15) is 11.7 Å². The van der Waals surface area contributed by atoms with E-state index < -0.39 is 30.5 Å². The molecule has 0 saturated carbocycles. The molecule has 124 valence electrons. The van der Waals surface area contributed by atoms with Crippen molar-refractivity contribution in [3.63, 3.8) is 0 Å². The largest absolute Gasteiger partial charge is 0.480 e. The maximum Gasteiger partial charge on any atom is 0.391 e. The number of halogens is 3. The molecule has 23 heavy (non-hydrogen) atoms. The summed E-state index contributed by atoms with van der Waals surface area (Å²) in [5.41, 5.74) is 0.104. The zero-order valence-corrected chi connectivity index (χ0v) is 12.5. The van der Waals surface area contributed by atoms with E-state index in [0.29, 0.717) is 6.54 Å². The van der Waals surface area contributed by atoms with Crippen molar-refractivity contribution in [3.05, 3.63) is 46.4 Å². The average molecular weight is 346 g/mol. The van der Waals surface area contributed by atoms with Crippen molar-refractivity contribution >= 4 is 23.2 Å². The third kappa shape index (κ3) is 4.85. The lowest BCUT2D eigenvalue weighted by molar-refractivity contribution is -0.157. The van der Waals surface area contributed by atoms with Crippen LogP contribution in [0.5, 0.6) is 0 Å². The predicted molar refractivity (Wildman–Crippen MR) is 77.4 cm³/mol. The normalized spacial score (nSPS) is 12.8. The number of hydrogen-bond donors (Lipinski definition) is 2. The van der Waals surface area contributed by atoms with Gasteiger partial charge in [-0.2, -0.15) is 13.2 Å². The van der Waals surface area contributed by atoms with E-state index in [2.05, 4.69) is 0 Å². The van der Waals surface area contributed by atoms with Crippen molar-refractivity contribution in [1.29, 1.82) is 0 Å².